The number of nitrogens with zero attached hydrogens (tertiary/aromatic N) is 3. The molecule has 0 spiro atoms. The summed E-state index contributed by atoms with van der Waals surface area (Å²) in [5, 5.41) is 0. The Kier molecular flexibility index (Phi) is 7.73. The summed E-state index contributed by atoms with van der Waals surface area (Å²) in [5.74, 6) is 0.640. The predicted molar refractivity (Wildman–Crippen MR) is 103 cm³/mol. The molecule has 1 aromatic heterocycles. The molecule has 1 N–H and O–H groups in total. The summed E-state index contributed by atoms with van der Waals surface area (Å²) >= 11 is 0. The molecule has 0 radical (unpaired) electrons. The highest BCUT2D eigenvalue weighted by Gasteiger charge is 2.30. The fourth-order valence-electron chi connectivity index (χ4n) is 2.64. The largest absolute Gasteiger partial charge is 0.497 e. The number of aromatic nitrogens is 2. The van der Waals surface area contributed by atoms with Crippen LogP contribution in [0.2, 0.25) is 0 Å². The van der Waals surface area contributed by atoms with Crippen LogP contribution in [0.5, 0.6) is 5.75 Å². The minimum Gasteiger partial charge on any atom is -0.497 e. The van der Waals surface area contributed by atoms with Crippen molar-refractivity contribution < 1.29 is 22.8 Å². The number of imidazole rings is 1. The molecule has 0 unspecified atom stereocenters. The molecular formula is C18H24N4O5S. The maximum Gasteiger partial charge on any atom is 0.243 e. The maximum atomic E-state index is 12.7. The van der Waals surface area contributed by atoms with E-state index in [9.17, 15) is 13.2 Å². The highest BCUT2D eigenvalue weighted by molar-refractivity contribution is 7.89. The molecule has 10 heteroatoms. The van der Waals surface area contributed by atoms with E-state index in [0.29, 0.717) is 38.3 Å². The van der Waals surface area contributed by atoms with Gasteiger partial charge in [-0.25, -0.2) is 18.9 Å². The van der Waals surface area contributed by atoms with Crippen LogP contribution in [0.25, 0.3) is 0 Å². The molecule has 0 fully saturated rings. The summed E-state index contributed by atoms with van der Waals surface area (Å²) in [7, 11) is -0.0498. The third-order valence-corrected chi connectivity index (χ3v) is 5.96. The van der Waals surface area contributed by atoms with Crippen molar-refractivity contribution in [2.45, 2.75) is 17.9 Å². The van der Waals surface area contributed by atoms with Gasteiger partial charge in [0.15, 0.2) is 0 Å². The molecular weight excluding hydrogens is 384 g/mol. The number of hydroxylamine groups is 1. The van der Waals surface area contributed by atoms with Crippen LogP contribution in [0.4, 0.5) is 0 Å². The van der Waals surface area contributed by atoms with E-state index in [1.54, 1.807) is 37.7 Å². The van der Waals surface area contributed by atoms with Crippen molar-refractivity contribution in [1.29, 1.82) is 0 Å². The standard InChI is InChI=1S/C14H17N3O3S.C4H7NO2/c1-16-10-15-13-7-8-17(9-14(13)16)21(18,19)12-5-3-11(20-2)4-6-12;1-2-3-7-5-4-6/h3-6,10H,7-9H2,1-2H3;2,4H,1,3H2,(H,5,6). The molecule has 3 rings (SSSR count). The van der Waals surface area contributed by atoms with Gasteiger partial charge in [0.1, 0.15) is 5.75 Å². The van der Waals surface area contributed by atoms with Crippen LogP contribution in [0.1, 0.15) is 11.4 Å². The molecule has 1 aliphatic rings. The van der Waals surface area contributed by atoms with E-state index in [1.165, 1.54) is 10.4 Å². The Bertz CT molecular complexity index is 885. The van der Waals surface area contributed by atoms with Crippen LogP contribution in [0, 0.1) is 0 Å². The number of carbonyl (C=O) groups is 1. The van der Waals surface area contributed by atoms with E-state index in [1.807, 2.05) is 17.1 Å². The summed E-state index contributed by atoms with van der Waals surface area (Å²) in [4.78, 5) is 18.4. The third kappa shape index (κ3) is 5.18. The molecule has 0 bridgehead atoms. The Labute approximate surface area is 164 Å². The molecule has 0 saturated carbocycles. The van der Waals surface area contributed by atoms with Gasteiger partial charge in [-0.05, 0) is 24.3 Å². The molecule has 0 aliphatic carbocycles. The first kappa shape index (κ1) is 21.6. The molecule has 1 aliphatic heterocycles. The fraction of sp³-hybridized carbons (Fsp3) is 0.333. The van der Waals surface area contributed by atoms with Gasteiger partial charge in [-0.15, -0.1) is 6.58 Å². The first-order valence-electron chi connectivity index (χ1n) is 8.49. The normalized spacial score (nSPS) is 13.6. The molecule has 1 amide bonds. The van der Waals surface area contributed by atoms with Gasteiger partial charge < -0.3 is 9.30 Å². The van der Waals surface area contributed by atoms with Gasteiger partial charge in [0.05, 0.1) is 42.9 Å². The summed E-state index contributed by atoms with van der Waals surface area (Å²) in [6.07, 6.45) is 4.37. The zero-order chi connectivity index (χ0) is 20.6. The summed E-state index contributed by atoms with van der Waals surface area (Å²) in [5.41, 5.74) is 3.94. The fourth-order valence-corrected chi connectivity index (χ4v) is 4.04. The monoisotopic (exact) mass is 408 g/mol. The third-order valence-electron chi connectivity index (χ3n) is 4.10. The Morgan fingerprint density at radius 3 is 2.64 bits per heavy atom. The Balaban J connectivity index is 0.000000345. The number of carbonyl (C=O) groups excluding carboxylic acids is 1. The van der Waals surface area contributed by atoms with E-state index >= 15 is 0 Å². The number of fused-ring (bicyclic) bond motifs is 1. The lowest BCUT2D eigenvalue weighted by atomic mass is 10.2. The van der Waals surface area contributed by atoms with Gasteiger partial charge in [-0.1, -0.05) is 6.08 Å². The predicted octanol–water partition coefficient (Wildman–Crippen LogP) is 1.03. The maximum absolute atomic E-state index is 12.7. The summed E-state index contributed by atoms with van der Waals surface area (Å²) < 4.78 is 33.8. The molecule has 9 nitrogen and oxygen atoms in total. The van der Waals surface area contributed by atoms with E-state index in [2.05, 4.69) is 16.4 Å². The zero-order valence-electron chi connectivity index (χ0n) is 15.9. The van der Waals surface area contributed by atoms with E-state index in [4.69, 9.17) is 4.74 Å². The number of nitrogens with one attached hydrogen (secondary N) is 1. The SMILES string of the molecule is C=CCONC=O.COc1ccc(S(=O)(=O)N2CCc3ncn(C)c3C2)cc1. The molecule has 28 heavy (non-hydrogen) atoms. The van der Waals surface area contributed by atoms with Gasteiger partial charge in [0.25, 0.3) is 0 Å². The van der Waals surface area contributed by atoms with Gasteiger partial charge in [-0.3, -0.25) is 9.63 Å². The summed E-state index contributed by atoms with van der Waals surface area (Å²) in [6, 6.07) is 6.47. The Morgan fingerprint density at radius 2 is 2.04 bits per heavy atom. The average molecular weight is 408 g/mol. The van der Waals surface area contributed by atoms with Crippen molar-refractivity contribution in [3.63, 3.8) is 0 Å². The van der Waals surface area contributed by atoms with Crippen LogP contribution in [0.15, 0.2) is 48.1 Å². The lowest BCUT2D eigenvalue weighted by Gasteiger charge is -2.26. The minimum atomic E-state index is -3.49. The number of hydrogen-bond acceptors (Lipinski definition) is 6. The van der Waals surface area contributed by atoms with Crippen molar-refractivity contribution in [3.05, 3.63) is 54.6 Å². The minimum absolute atomic E-state index is 0.286. The highest BCUT2D eigenvalue weighted by Crippen LogP contribution is 2.25. The smallest absolute Gasteiger partial charge is 0.243 e. The van der Waals surface area contributed by atoms with Crippen molar-refractivity contribution >= 4 is 16.4 Å². The zero-order valence-corrected chi connectivity index (χ0v) is 16.7. The average Bonchev–Trinajstić information content (AvgIpc) is 3.09. The number of sulfonamides is 1. The number of rotatable bonds is 7. The van der Waals surface area contributed by atoms with E-state index in [-0.39, 0.29) is 4.90 Å². The van der Waals surface area contributed by atoms with Gasteiger partial charge in [0.2, 0.25) is 16.4 Å². The first-order valence-corrected chi connectivity index (χ1v) is 9.93. The van der Waals surface area contributed by atoms with Crippen LogP contribution in [-0.4, -0.2) is 48.9 Å². The van der Waals surface area contributed by atoms with Crippen LogP contribution in [-0.2, 0) is 39.7 Å². The Hall–Kier alpha value is -2.69. The van der Waals surface area contributed by atoms with Crippen molar-refractivity contribution in [2.75, 3.05) is 20.3 Å². The quantitative estimate of drug-likeness (QED) is 0.318. The lowest BCUT2D eigenvalue weighted by Crippen LogP contribution is -2.36. The number of aryl methyl sites for hydroxylation is 1. The number of hydrogen-bond donors (Lipinski definition) is 1. The van der Waals surface area contributed by atoms with Crippen molar-refractivity contribution in [2.24, 2.45) is 7.05 Å². The second-order valence-corrected chi connectivity index (χ2v) is 7.79. The molecule has 152 valence electrons. The molecule has 0 atom stereocenters. The van der Waals surface area contributed by atoms with Crippen LogP contribution in [0.3, 0.4) is 0 Å². The van der Waals surface area contributed by atoms with Gasteiger partial charge >= 0.3 is 0 Å². The lowest BCUT2D eigenvalue weighted by molar-refractivity contribution is -0.119. The molecule has 2 aromatic rings. The number of amides is 1. The summed E-state index contributed by atoms with van der Waals surface area (Å²) in [6.45, 7) is 4.52. The van der Waals surface area contributed by atoms with Crippen LogP contribution < -0.4 is 10.2 Å². The number of benzene rings is 1. The molecule has 1 aromatic carbocycles. The van der Waals surface area contributed by atoms with Crippen LogP contribution >= 0.6 is 0 Å². The van der Waals surface area contributed by atoms with Gasteiger partial charge in [-0.2, -0.15) is 4.31 Å². The Morgan fingerprint density at radius 1 is 1.32 bits per heavy atom. The van der Waals surface area contributed by atoms with E-state index < -0.39 is 10.0 Å². The topological polar surface area (TPSA) is 103 Å². The van der Waals surface area contributed by atoms with Gasteiger partial charge in [0, 0.05) is 20.0 Å². The highest BCUT2D eigenvalue weighted by atomic mass is 32.2. The number of methoxy groups -OCH3 is 1. The number of ether oxygens (including phenoxy) is 1. The second-order valence-electron chi connectivity index (χ2n) is 5.85. The first-order chi connectivity index (χ1) is 13.4. The second kappa shape index (κ2) is 10.0. The molecule has 0 saturated heterocycles. The van der Waals surface area contributed by atoms with Crippen molar-refractivity contribution in [1.82, 2.24) is 19.3 Å². The molecule has 2 heterocycles. The van der Waals surface area contributed by atoms with Crippen molar-refractivity contribution in [3.8, 4) is 5.75 Å². The van der Waals surface area contributed by atoms with E-state index in [0.717, 1.165) is 11.4 Å².